The van der Waals surface area contributed by atoms with Crippen molar-refractivity contribution in [2.24, 2.45) is 0 Å². The van der Waals surface area contributed by atoms with E-state index in [2.05, 4.69) is 10.3 Å². The summed E-state index contributed by atoms with van der Waals surface area (Å²) in [5.41, 5.74) is 0.00175. The lowest BCUT2D eigenvalue weighted by atomic mass is 10.2. The maximum Gasteiger partial charge on any atom is 0.280 e. The van der Waals surface area contributed by atoms with Crippen molar-refractivity contribution in [1.82, 2.24) is 15.2 Å². The van der Waals surface area contributed by atoms with E-state index in [-0.39, 0.29) is 23.2 Å². The van der Waals surface area contributed by atoms with Crippen LogP contribution >= 0.6 is 11.3 Å². The zero-order valence-corrected chi connectivity index (χ0v) is 13.9. The van der Waals surface area contributed by atoms with Gasteiger partial charge >= 0.3 is 0 Å². The van der Waals surface area contributed by atoms with Gasteiger partial charge in [0.15, 0.2) is 5.01 Å². The molecule has 1 atom stereocenters. The Morgan fingerprint density at radius 3 is 2.78 bits per heavy atom. The fraction of sp³-hybridized carbons (Fsp3) is 0.615. The second kappa shape index (κ2) is 5.99. The lowest BCUT2D eigenvalue weighted by Crippen LogP contribution is -2.52. The van der Waals surface area contributed by atoms with Crippen LogP contribution in [0.5, 0.6) is 0 Å². The number of alkyl halides is 2. The fourth-order valence-electron chi connectivity index (χ4n) is 2.64. The van der Waals surface area contributed by atoms with Gasteiger partial charge in [-0.3, -0.25) is 9.59 Å². The zero-order valence-electron chi connectivity index (χ0n) is 12.3. The van der Waals surface area contributed by atoms with E-state index in [0.717, 1.165) is 16.2 Å². The lowest BCUT2D eigenvalue weighted by molar-refractivity contribution is 0.0117. The van der Waals surface area contributed by atoms with Crippen LogP contribution in [0.25, 0.3) is 0 Å². The summed E-state index contributed by atoms with van der Waals surface area (Å²) in [4.78, 5) is 29.3. The molecule has 0 spiro atoms. The molecule has 3 rings (SSSR count). The van der Waals surface area contributed by atoms with Gasteiger partial charge in [-0.15, -0.1) is 11.3 Å². The Bertz CT molecular complexity index is 634. The van der Waals surface area contributed by atoms with Crippen LogP contribution in [0.4, 0.5) is 8.78 Å². The van der Waals surface area contributed by atoms with Gasteiger partial charge in [0, 0.05) is 17.8 Å². The number of nitrogens with zero attached hydrogens (tertiary/aromatic N) is 2. The Morgan fingerprint density at radius 1 is 1.52 bits per heavy atom. The highest BCUT2D eigenvalue weighted by molar-refractivity contribution is 7.92. The first-order valence-corrected chi connectivity index (χ1v) is 9.42. The average Bonchev–Trinajstić information content (AvgIpc) is 3.00. The molecule has 126 valence electrons. The summed E-state index contributed by atoms with van der Waals surface area (Å²) in [6.45, 7) is 0.940. The molecule has 0 aromatic carbocycles. The molecule has 6 nitrogen and oxygen atoms in total. The Kier molecular flexibility index (Phi) is 4.32. The molecule has 10 heteroatoms. The molecule has 2 saturated heterocycles. The summed E-state index contributed by atoms with van der Waals surface area (Å²) in [5, 5.41) is 4.18. The van der Waals surface area contributed by atoms with Crippen molar-refractivity contribution in [3.05, 3.63) is 16.1 Å². The molecule has 0 aliphatic carbocycles. The Balaban J connectivity index is 1.64. The van der Waals surface area contributed by atoms with Crippen LogP contribution < -0.4 is 5.32 Å². The topological polar surface area (TPSA) is 85.4 Å². The fourth-order valence-corrected chi connectivity index (χ4v) is 4.30. The molecular formula is C13H15F2N3O3S2. The van der Waals surface area contributed by atoms with E-state index in [0.29, 0.717) is 11.5 Å². The van der Waals surface area contributed by atoms with E-state index in [9.17, 15) is 22.9 Å². The van der Waals surface area contributed by atoms with E-state index < -0.39 is 41.5 Å². The molecule has 2 fully saturated rings. The molecule has 2 aliphatic rings. The largest absolute Gasteiger partial charge is 0.616 e. The van der Waals surface area contributed by atoms with E-state index in [4.69, 9.17) is 0 Å². The van der Waals surface area contributed by atoms with Crippen LogP contribution in [0.15, 0.2) is 5.38 Å². The van der Waals surface area contributed by atoms with Crippen molar-refractivity contribution < 1.29 is 22.9 Å². The van der Waals surface area contributed by atoms with Crippen molar-refractivity contribution in [2.75, 3.05) is 18.1 Å². The SMILES string of the molecule is CC1CC(F)(F)CN1C(=O)c1csc(C(=O)NC2C[S+]([O-])C2)n1. The quantitative estimate of drug-likeness (QED) is 0.808. The monoisotopic (exact) mass is 363 g/mol. The Hall–Kier alpha value is -1.26. The zero-order chi connectivity index (χ0) is 16.8. The predicted molar refractivity (Wildman–Crippen MR) is 81.3 cm³/mol. The number of amides is 2. The second-order valence-corrected chi connectivity index (χ2v) is 8.23. The van der Waals surface area contributed by atoms with E-state index >= 15 is 0 Å². The summed E-state index contributed by atoms with van der Waals surface area (Å²) >= 11 is 0.115. The van der Waals surface area contributed by atoms with Gasteiger partial charge in [-0.2, -0.15) is 0 Å². The minimum atomic E-state index is -2.88. The average molecular weight is 363 g/mol. The third-order valence-corrected chi connectivity index (χ3v) is 6.20. The number of halogens is 2. The number of carbonyl (C=O) groups excluding carboxylic acids is 2. The summed E-state index contributed by atoms with van der Waals surface area (Å²) in [6, 6.07) is -0.704. The molecule has 3 heterocycles. The van der Waals surface area contributed by atoms with Crippen LogP contribution in [-0.2, 0) is 11.2 Å². The molecule has 0 bridgehead atoms. The minimum absolute atomic E-state index is 0.00175. The maximum atomic E-state index is 13.4. The first kappa shape index (κ1) is 16.6. The maximum absolute atomic E-state index is 13.4. The summed E-state index contributed by atoms with van der Waals surface area (Å²) < 4.78 is 37.7. The van der Waals surface area contributed by atoms with E-state index in [1.807, 2.05) is 0 Å². The number of hydrogen-bond donors (Lipinski definition) is 1. The summed E-state index contributed by atoms with van der Waals surface area (Å²) in [5.74, 6) is -3.07. The van der Waals surface area contributed by atoms with E-state index in [1.54, 1.807) is 6.92 Å². The minimum Gasteiger partial charge on any atom is -0.616 e. The number of rotatable bonds is 3. The van der Waals surface area contributed by atoms with Crippen LogP contribution in [0.2, 0.25) is 0 Å². The van der Waals surface area contributed by atoms with Crippen molar-refractivity contribution >= 4 is 34.3 Å². The van der Waals surface area contributed by atoms with Gasteiger partial charge in [0.1, 0.15) is 23.2 Å². The molecule has 2 amide bonds. The number of carbonyl (C=O) groups is 2. The van der Waals surface area contributed by atoms with Crippen molar-refractivity contribution in [1.29, 1.82) is 0 Å². The molecular weight excluding hydrogens is 348 g/mol. The molecule has 2 aliphatic heterocycles. The molecule has 0 saturated carbocycles. The smallest absolute Gasteiger partial charge is 0.280 e. The van der Waals surface area contributed by atoms with Gasteiger partial charge in [0.05, 0.1) is 6.54 Å². The third kappa shape index (κ3) is 3.48. The Morgan fingerprint density at radius 2 is 2.22 bits per heavy atom. The number of aromatic nitrogens is 1. The van der Waals surface area contributed by atoms with Gasteiger partial charge in [-0.05, 0) is 18.1 Å². The standard InChI is InChI=1S/C13H15F2N3O3S2/c1-7-2-13(14,15)6-18(7)12(20)9-3-22-11(17-9)10(19)16-8-4-23(21)5-8/h3,7-8H,2,4-6H2,1H3,(H,16,19). The lowest BCUT2D eigenvalue weighted by Gasteiger charge is -2.28. The molecule has 1 aromatic heterocycles. The predicted octanol–water partition coefficient (Wildman–Crippen LogP) is 0.873. The van der Waals surface area contributed by atoms with Gasteiger partial charge in [0.25, 0.3) is 17.7 Å². The summed E-state index contributed by atoms with van der Waals surface area (Å²) in [7, 11) is 0. The number of likely N-dealkylation sites (tertiary alicyclic amines) is 1. The first-order valence-electron chi connectivity index (χ1n) is 7.05. The molecule has 1 aromatic rings. The van der Waals surface area contributed by atoms with Crippen LogP contribution in [-0.4, -0.2) is 62.3 Å². The highest BCUT2D eigenvalue weighted by Crippen LogP contribution is 2.32. The van der Waals surface area contributed by atoms with Crippen molar-refractivity contribution in [2.45, 2.75) is 31.4 Å². The second-order valence-electron chi connectivity index (χ2n) is 5.82. The molecule has 1 N–H and O–H groups in total. The Labute approximate surface area is 138 Å². The highest BCUT2D eigenvalue weighted by Gasteiger charge is 2.45. The van der Waals surface area contributed by atoms with Gasteiger partial charge in [-0.1, -0.05) is 0 Å². The van der Waals surface area contributed by atoms with Gasteiger partial charge < -0.3 is 14.8 Å². The van der Waals surface area contributed by atoms with Gasteiger partial charge in [-0.25, -0.2) is 13.8 Å². The highest BCUT2D eigenvalue weighted by atomic mass is 32.2. The third-order valence-electron chi connectivity index (χ3n) is 3.82. The van der Waals surface area contributed by atoms with Gasteiger partial charge in [0.2, 0.25) is 0 Å². The van der Waals surface area contributed by atoms with Crippen LogP contribution in [0.1, 0.15) is 33.6 Å². The number of hydrogen-bond acceptors (Lipinski definition) is 5. The van der Waals surface area contributed by atoms with Crippen LogP contribution in [0.3, 0.4) is 0 Å². The molecule has 1 unspecified atom stereocenters. The van der Waals surface area contributed by atoms with Crippen LogP contribution in [0, 0.1) is 0 Å². The normalized spacial score (nSPS) is 29.2. The first-order chi connectivity index (χ1) is 10.7. The number of nitrogens with one attached hydrogen (secondary N) is 1. The molecule has 0 radical (unpaired) electrons. The molecule has 23 heavy (non-hydrogen) atoms. The van der Waals surface area contributed by atoms with E-state index in [1.165, 1.54) is 5.38 Å². The van der Waals surface area contributed by atoms with Crippen molar-refractivity contribution in [3.8, 4) is 0 Å². The summed E-state index contributed by atoms with van der Waals surface area (Å²) in [6.07, 6.45) is -0.366. The van der Waals surface area contributed by atoms with Crippen molar-refractivity contribution in [3.63, 3.8) is 0 Å². The number of thiazole rings is 1.